The maximum Gasteiger partial charge on any atom is 0.152 e. The van der Waals surface area contributed by atoms with E-state index in [0.29, 0.717) is 0 Å². The molecule has 0 aliphatic heterocycles. The normalized spacial score (nSPS) is 18.7. The van der Waals surface area contributed by atoms with Gasteiger partial charge in [0.25, 0.3) is 0 Å². The van der Waals surface area contributed by atoms with Crippen molar-refractivity contribution < 1.29 is 4.79 Å². The summed E-state index contributed by atoms with van der Waals surface area (Å²) in [7, 11) is 0. The lowest BCUT2D eigenvalue weighted by Crippen LogP contribution is -2.29. The number of rotatable bonds is 6. The van der Waals surface area contributed by atoms with Crippen molar-refractivity contribution in [2.75, 3.05) is 18.0 Å². The van der Waals surface area contributed by atoms with Crippen LogP contribution in [0.15, 0.2) is 22.7 Å². The van der Waals surface area contributed by atoms with Gasteiger partial charge in [-0.3, -0.25) is 4.79 Å². The lowest BCUT2D eigenvalue weighted by Gasteiger charge is -2.26. The maximum atomic E-state index is 11.2. The molecule has 1 aromatic carbocycles. The van der Waals surface area contributed by atoms with E-state index in [1.807, 2.05) is 12.1 Å². The zero-order valence-corrected chi connectivity index (χ0v) is 12.0. The molecule has 0 atom stereocenters. The van der Waals surface area contributed by atoms with Crippen molar-refractivity contribution in [2.24, 2.45) is 11.8 Å². The molecule has 18 heavy (non-hydrogen) atoms. The molecule has 2 saturated carbocycles. The molecule has 0 radical (unpaired) electrons. The minimum absolute atomic E-state index is 0.819. The average molecular weight is 308 g/mol. The zero-order valence-electron chi connectivity index (χ0n) is 10.4. The van der Waals surface area contributed by atoms with Gasteiger partial charge in [0.15, 0.2) is 6.29 Å². The van der Waals surface area contributed by atoms with E-state index >= 15 is 0 Å². The van der Waals surface area contributed by atoms with Gasteiger partial charge < -0.3 is 4.90 Å². The molecule has 0 heterocycles. The van der Waals surface area contributed by atoms with Crippen LogP contribution in [0, 0.1) is 11.8 Å². The summed E-state index contributed by atoms with van der Waals surface area (Å²) in [4.78, 5) is 13.6. The average Bonchev–Trinajstić information content (AvgIpc) is 3.23. The Balaban J connectivity index is 1.85. The second-order valence-electron chi connectivity index (χ2n) is 5.61. The van der Waals surface area contributed by atoms with E-state index in [1.54, 1.807) is 0 Å². The summed E-state index contributed by atoms with van der Waals surface area (Å²) in [5, 5.41) is 0. The van der Waals surface area contributed by atoms with E-state index in [4.69, 9.17) is 0 Å². The Morgan fingerprint density at radius 2 is 1.78 bits per heavy atom. The first-order valence-electron chi connectivity index (χ1n) is 6.76. The van der Waals surface area contributed by atoms with E-state index in [9.17, 15) is 4.79 Å². The molecule has 2 nitrogen and oxygen atoms in total. The van der Waals surface area contributed by atoms with Crippen molar-refractivity contribution in [3.05, 3.63) is 28.2 Å². The topological polar surface area (TPSA) is 20.3 Å². The van der Waals surface area contributed by atoms with Crippen molar-refractivity contribution in [1.29, 1.82) is 0 Å². The van der Waals surface area contributed by atoms with Gasteiger partial charge in [-0.2, -0.15) is 0 Å². The predicted molar refractivity (Wildman–Crippen MR) is 77.2 cm³/mol. The Morgan fingerprint density at radius 1 is 1.17 bits per heavy atom. The summed E-state index contributed by atoms with van der Waals surface area (Å²) in [5.74, 6) is 1.70. The van der Waals surface area contributed by atoms with Crippen LogP contribution in [0.1, 0.15) is 36.0 Å². The van der Waals surface area contributed by atoms with E-state index in [0.717, 1.165) is 46.9 Å². The second-order valence-corrected chi connectivity index (χ2v) is 6.53. The quantitative estimate of drug-likeness (QED) is 0.743. The first-order valence-corrected chi connectivity index (χ1v) is 7.55. The minimum atomic E-state index is 0.819. The molecule has 1 aromatic rings. The van der Waals surface area contributed by atoms with Gasteiger partial charge in [-0.1, -0.05) is 15.9 Å². The number of halogens is 1. The molecule has 0 unspecified atom stereocenters. The van der Waals surface area contributed by atoms with Gasteiger partial charge in [0.1, 0.15) is 0 Å². The predicted octanol–water partition coefficient (Wildman–Crippen LogP) is 3.89. The number of aldehydes is 1. The third-order valence-electron chi connectivity index (χ3n) is 3.81. The van der Waals surface area contributed by atoms with Gasteiger partial charge in [0, 0.05) is 28.8 Å². The van der Waals surface area contributed by atoms with Gasteiger partial charge in [0.2, 0.25) is 0 Å². The number of benzene rings is 1. The van der Waals surface area contributed by atoms with Crippen LogP contribution in [0.3, 0.4) is 0 Å². The van der Waals surface area contributed by atoms with Crippen LogP contribution in [-0.4, -0.2) is 19.4 Å². The van der Waals surface area contributed by atoms with Crippen molar-refractivity contribution in [3.63, 3.8) is 0 Å². The molecule has 0 saturated heterocycles. The second kappa shape index (κ2) is 5.04. The molecule has 3 heteroatoms. The fourth-order valence-corrected chi connectivity index (χ4v) is 2.73. The molecule has 0 spiro atoms. The minimum Gasteiger partial charge on any atom is -0.370 e. The summed E-state index contributed by atoms with van der Waals surface area (Å²) >= 11 is 3.51. The molecule has 0 amide bonds. The lowest BCUT2D eigenvalue weighted by atomic mass is 10.1. The molecule has 0 bridgehead atoms. The highest BCUT2D eigenvalue weighted by Gasteiger charge is 2.30. The highest BCUT2D eigenvalue weighted by molar-refractivity contribution is 9.10. The summed E-state index contributed by atoms with van der Waals surface area (Å²) < 4.78 is 1.06. The third kappa shape index (κ3) is 2.94. The molecular weight excluding hydrogens is 290 g/mol. The first-order chi connectivity index (χ1) is 8.76. The van der Waals surface area contributed by atoms with Crippen LogP contribution < -0.4 is 4.90 Å². The van der Waals surface area contributed by atoms with Crippen LogP contribution in [0.25, 0.3) is 0 Å². The van der Waals surface area contributed by atoms with Crippen LogP contribution in [0.2, 0.25) is 0 Å². The van der Waals surface area contributed by atoms with Crippen LogP contribution in [0.4, 0.5) is 5.69 Å². The molecule has 2 fully saturated rings. The van der Waals surface area contributed by atoms with Crippen molar-refractivity contribution in [1.82, 2.24) is 0 Å². The van der Waals surface area contributed by atoms with Crippen LogP contribution in [-0.2, 0) is 0 Å². The molecule has 0 N–H and O–H groups in total. The van der Waals surface area contributed by atoms with Crippen molar-refractivity contribution >= 4 is 27.9 Å². The fraction of sp³-hybridized carbons (Fsp3) is 0.533. The van der Waals surface area contributed by atoms with E-state index in [2.05, 4.69) is 26.9 Å². The Morgan fingerprint density at radius 3 is 2.28 bits per heavy atom. The Kier molecular flexibility index (Phi) is 3.42. The SMILES string of the molecule is O=Cc1ccc(Br)cc1N(CC1CC1)CC1CC1. The van der Waals surface area contributed by atoms with Crippen LogP contribution >= 0.6 is 15.9 Å². The maximum absolute atomic E-state index is 11.2. The lowest BCUT2D eigenvalue weighted by molar-refractivity contribution is 0.112. The zero-order chi connectivity index (χ0) is 12.5. The molecular formula is C15H18BrNO. The number of nitrogens with zero attached hydrogens (tertiary/aromatic N) is 1. The van der Waals surface area contributed by atoms with Gasteiger partial charge in [-0.25, -0.2) is 0 Å². The summed E-state index contributed by atoms with van der Waals surface area (Å²) in [6, 6.07) is 5.95. The summed E-state index contributed by atoms with van der Waals surface area (Å²) in [5.41, 5.74) is 1.93. The summed E-state index contributed by atoms with van der Waals surface area (Å²) in [6.45, 7) is 2.24. The summed E-state index contributed by atoms with van der Waals surface area (Å²) in [6.07, 6.45) is 6.39. The van der Waals surface area contributed by atoms with Crippen molar-refractivity contribution in [3.8, 4) is 0 Å². The number of carbonyl (C=O) groups excluding carboxylic acids is 1. The van der Waals surface area contributed by atoms with Gasteiger partial charge >= 0.3 is 0 Å². The van der Waals surface area contributed by atoms with E-state index in [-0.39, 0.29) is 0 Å². The first kappa shape index (κ1) is 12.2. The number of anilines is 1. The van der Waals surface area contributed by atoms with Crippen molar-refractivity contribution in [2.45, 2.75) is 25.7 Å². The third-order valence-corrected chi connectivity index (χ3v) is 4.30. The number of carbonyl (C=O) groups is 1. The smallest absolute Gasteiger partial charge is 0.152 e. The molecule has 2 aliphatic carbocycles. The van der Waals surface area contributed by atoms with Crippen LogP contribution in [0.5, 0.6) is 0 Å². The highest BCUT2D eigenvalue weighted by Crippen LogP contribution is 2.37. The fourth-order valence-electron chi connectivity index (χ4n) is 2.39. The van der Waals surface area contributed by atoms with E-state index in [1.165, 1.54) is 25.7 Å². The van der Waals surface area contributed by atoms with E-state index < -0.39 is 0 Å². The van der Waals surface area contributed by atoms with Gasteiger partial charge in [-0.15, -0.1) is 0 Å². The molecule has 0 aromatic heterocycles. The Bertz CT molecular complexity index is 438. The Labute approximate surface area is 116 Å². The number of hydrogen-bond acceptors (Lipinski definition) is 2. The molecule has 2 aliphatic rings. The highest BCUT2D eigenvalue weighted by atomic mass is 79.9. The molecule has 3 rings (SSSR count). The largest absolute Gasteiger partial charge is 0.370 e. The van der Waals surface area contributed by atoms with Gasteiger partial charge in [0.05, 0.1) is 0 Å². The number of hydrogen-bond donors (Lipinski definition) is 0. The Hall–Kier alpha value is -0.830. The van der Waals surface area contributed by atoms with Gasteiger partial charge in [-0.05, 0) is 55.7 Å². The standard InChI is InChI=1S/C15H18BrNO/c16-14-6-5-13(10-18)15(7-14)17(8-11-1-2-11)9-12-3-4-12/h5-7,10-12H,1-4,8-9H2. The molecule has 96 valence electrons. The monoisotopic (exact) mass is 307 g/mol.